The highest BCUT2D eigenvalue weighted by Gasteiger charge is 2.26. The summed E-state index contributed by atoms with van der Waals surface area (Å²) >= 11 is 5.88. The van der Waals surface area contributed by atoms with Crippen molar-refractivity contribution < 1.29 is 9.50 Å². The molecule has 106 valence electrons. The molecule has 1 unspecified atom stereocenters. The predicted octanol–water partition coefficient (Wildman–Crippen LogP) is 4.60. The van der Waals surface area contributed by atoms with Crippen LogP contribution in [-0.2, 0) is 6.42 Å². The molecule has 2 rings (SSSR count). The molecule has 19 heavy (non-hydrogen) atoms. The van der Waals surface area contributed by atoms with E-state index in [2.05, 4.69) is 6.92 Å². The zero-order chi connectivity index (χ0) is 13.8. The molecule has 1 saturated carbocycles. The Morgan fingerprint density at radius 1 is 1.32 bits per heavy atom. The Morgan fingerprint density at radius 3 is 2.63 bits per heavy atom. The molecule has 1 atom stereocenters. The van der Waals surface area contributed by atoms with Crippen LogP contribution in [0.1, 0.15) is 44.6 Å². The Labute approximate surface area is 119 Å². The highest BCUT2D eigenvalue weighted by Crippen LogP contribution is 2.33. The fourth-order valence-corrected chi connectivity index (χ4v) is 3.27. The molecule has 0 heterocycles. The third-order valence-electron chi connectivity index (χ3n) is 4.45. The van der Waals surface area contributed by atoms with Gasteiger partial charge in [-0.2, -0.15) is 0 Å². The zero-order valence-electron chi connectivity index (χ0n) is 11.4. The van der Waals surface area contributed by atoms with Crippen LogP contribution in [0.5, 0.6) is 0 Å². The molecule has 1 N–H and O–H groups in total. The number of aliphatic hydroxyl groups is 1. The predicted molar refractivity (Wildman–Crippen MR) is 76.9 cm³/mol. The van der Waals surface area contributed by atoms with Crippen LogP contribution >= 0.6 is 11.6 Å². The Morgan fingerprint density at radius 2 is 2.00 bits per heavy atom. The van der Waals surface area contributed by atoms with Crippen molar-refractivity contribution in [2.24, 2.45) is 11.8 Å². The Hall–Kier alpha value is -0.600. The van der Waals surface area contributed by atoms with Crippen LogP contribution in [-0.4, -0.2) is 11.2 Å². The van der Waals surface area contributed by atoms with Crippen molar-refractivity contribution in [1.29, 1.82) is 0 Å². The molecule has 1 fully saturated rings. The Kier molecular flexibility index (Phi) is 5.23. The first-order valence-electron chi connectivity index (χ1n) is 7.22. The lowest BCUT2D eigenvalue weighted by Gasteiger charge is -2.31. The number of halogens is 2. The molecule has 0 spiro atoms. The maximum Gasteiger partial charge on any atom is 0.126 e. The second-order valence-corrected chi connectivity index (χ2v) is 6.13. The van der Waals surface area contributed by atoms with Crippen molar-refractivity contribution in [2.45, 2.75) is 51.6 Å². The van der Waals surface area contributed by atoms with E-state index in [-0.39, 0.29) is 5.82 Å². The maximum atomic E-state index is 13.6. The van der Waals surface area contributed by atoms with Crippen molar-refractivity contribution >= 4 is 11.6 Å². The van der Waals surface area contributed by atoms with Crippen molar-refractivity contribution in [2.75, 3.05) is 0 Å². The summed E-state index contributed by atoms with van der Waals surface area (Å²) in [4.78, 5) is 0. The van der Waals surface area contributed by atoms with E-state index in [1.165, 1.54) is 25.3 Å². The average molecular weight is 285 g/mol. The van der Waals surface area contributed by atoms with Crippen LogP contribution < -0.4 is 0 Å². The lowest BCUT2D eigenvalue weighted by molar-refractivity contribution is 0.0728. The van der Waals surface area contributed by atoms with Crippen LogP contribution in [0.2, 0.25) is 5.02 Å². The zero-order valence-corrected chi connectivity index (χ0v) is 12.2. The molecule has 0 aliphatic heterocycles. The summed E-state index contributed by atoms with van der Waals surface area (Å²) in [5.41, 5.74) is 0.526. The topological polar surface area (TPSA) is 20.2 Å². The van der Waals surface area contributed by atoms with E-state index in [1.807, 2.05) is 0 Å². The van der Waals surface area contributed by atoms with Gasteiger partial charge in [-0.1, -0.05) is 37.8 Å². The van der Waals surface area contributed by atoms with Gasteiger partial charge in [0.2, 0.25) is 0 Å². The molecule has 0 saturated heterocycles. The van der Waals surface area contributed by atoms with Crippen LogP contribution in [0, 0.1) is 17.7 Å². The fraction of sp³-hybridized carbons (Fsp3) is 0.625. The van der Waals surface area contributed by atoms with Crippen molar-refractivity contribution in [3.63, 3.8) is 0 Å². The van der Waals surface area contributed by atoms with Gasteiger partial charge in [-0.15, -0.1) is 0 Å². The van der Waals surface area contributed by atoms with E-state index >= 15 is 0 Å². The highest BCUT2D eigenvalue weighted by atomic mass is 35.5. The van der Waals surface area contributed by atoms with E-state index < -0.39 is 6.10 Å². The summed E-state index contributed by atoms with van der Waals surface area (Å²) in [6.45, 7) is 2.22. The maximum absolute atomic E-state index is 13.6. The second-order valence-electron chi connectivity index (χ2n) is 5.70. The summed E-state index contributed by atoms with van der Waals surface area (Å²) in [5.74, 6) is 0.846. The first kappa shape index (κ1) is 14.8. The van der Waals surface area contributed by atoms with Crippen molar-refractivity contribution in [3.8, 4) is 0 Å². The summed E-state index contributed by atoms with van der Waals surface area (Å²) < 4.78 is 13.6. The molecule has 3 heteroatoms. The van der Waals surface area contributed by atoms with Crippen LogP contribution in [0.25, 0.3) is 0 Å². The standard InChI is InChI=1S/C16H22ClFO/c1-2-11-3-5-12(6-4-11)16(19)10-13-9-14(17)7-8-15(13)18/h7-9,11-12,16,19H,2-6,10H2,1H3. The fourth-order valence-electron chi connectivity index (χ4n) is 3.07. The molecule has 1 aromatic rings. The van der Waals surface area contributed by atoms with E-state index in [9.17, 15) is 9.50 Å². The molecule has 1 aliphatic carbocycles. The molecular formula is C16H22ClFO. The van der Waals surface area contributed by atoms with E-state index in [1.54, 1.807) is 12.1 Å². The number of aliphatic hydroxyl groups excluding tert-OH is 1. The van der Waals surface area contributed by atoms with Gasteiger partial charge in [0.05, 0.1) is 6.10 Å². The van der Waals surface area contributed by atoms with Gasteiger partial charge in [0.15, 0.2) is 0 Å². The second kappa shape index (κ2) is 6.71. The summed E-state index contributed by atoms with van der Waals surface area (Å²) in [6.07, 6.45) is 5.64. The van der Waals surface area contributed by atoms with Gasteiger partial charge in [0, 0.05) is 11.4 Å². The molecule has 0 bridgehead atoms. The first-order chi connectivity index (χ1) is 9.10. The monoisotopic (exact) mass is 284 g/mol. The van der Waals surface area contributed by atoms with Gasteiger partial charge in [-0.3, -0.25) is 0 Å². The van der Waals surface area contributed by atoms with Crippen molar-refractivity contribution in [1.82, 2.24) is 0 Å². The first-order valence-corrected chi connectivity index (χ1v) is 7.60. The normalized spacial score (nSPS) is 25.3. The molecule has 1 nitrogen and oxygen atoms in total. The Balaban J connectivity index is 1.94. The minimum absolute atomic E-state index is 0.273. The average Bonchev–Trinajstić information content (AvgIpc) is 2.43. The van der Waals surface area contributed by atoms with Crippen LogP contribution in [0.4, 0.5) is 4.39 Å². The Bertz CT molecular complexity index is 413. The number of benzene rings is 1. The summed E-state index contributed by atoms with van der Waals surface area (Å²) in [5, 5.41) is 10.8. The van der Waals surface area contributed by atoms with Crippen LogP contribution in [0.15, 0.2) is 18.2 Å². The van der Waals surface area contributed by atoms with Gasteiger partial charge in [0.25, 0.3) is 0 Å². The minimum Gasteiger partial charge on any atom is -0.392 e. The number of hydrogen-bond donors (Lipinski definition) is 1. The van der Waals surface area contributed by atoms with Gasteiger partial charge in [-0.05, 0) is 48.4 Å². The third kappa shape index (κ3) is 3.93. The molecule has 1 aromatic carbocycles. The molecular weight excluding hydrogens is 263 g/mol. The van der Waals surface area contributed by atoms with Gasteiger partial charge < -0.3 is 5.11 Å². The summed E-state index contributed by atoms with van der Waals surface area (Å²) in [7, 11) is 0. The molecule has 0 aromatic heterocycles. The largest absolute Gasteiger partial charge is 0.392 e. The van der Waals surface area contributed by atoms with Gasteiger partial charge in [0.1, 0.15) is 5.82 Å². The number of hydrogen-bond acceptors (Lipinski definition) is 1. The molecule has 0 radical (unpaired) electrons. The molecule has 1 aliphatic rings. The van der Waals surface area contributed by atoms with Crippen LogP contribution in [0.3, 0.4) is 0 Å². The molecule has 0 amide bonds. The quantitative estimate of drug-likeness (QED) is 0.857. The third-order valence-corrected chi connectivity index (χ3v) is 4.68. The van der Waals surface area contributed by atoms with E-state index in [0.29, 0.717) is 22.9 Å². The van der Waals surface area contributed by atoms with E-state index in [0.717, 1.165) is 18.8 Å². The number of rotatable bonds is 4. The minimum atomic E-state index is -0.453. The van der Waals surface area contributed by atoms with E-state index in [4.69, 9.17) is 11.6 Å². The SMILES string of the molecule is CCC1CCC(C(O)Cc2cc(Cl)ccc2F)CC1. The highest BCUT2D eigenvalue weighted by molar-refractivity contribution is 6.30. The van der Waals surface area contributed by atoms with Gasteiger partial charge >= 0.3 is 0 Å². The lowest BCUT2D eigenvalue weighted by Crippen LogP contribution is -2.27. The summed E-state index contributed by atoms with van der Waals surface area (Å²) in [6, 6.07) is 4.54. The smallest absolute Gasteiger partial charge is 0.126 e. The van der Waals surface area contributed by atoms with Gasteiger partial charge in [-0.25, -0.2) is 4.39 Å². The lowest BCUT2D eigenvalue weighted by atomic mass is 9.77. The van der Waals surface area contributed by atoms with Crippen molar-refractivity contribution in [3.05, 3.63) is 34.6 Å².